The number of hydrogen-bond donors (Lipinski definition) is 0. The molecule has 0 saturated carbocycles. The lowest BCUT2D eigenvalue weighted by Gasteiger charge is -1.98. The summed E-state index contributed by atoms with van der Waals surface area (Å²) in [6, 6.07) is 16.9. The third-order valence-electron chi connectivity index (χ3n) is 2.09. The van der Waals surface area contributed by atoms with E-state index in [0.717, 1.165) is 17.1 Å². The van der Waals surface area contributed by atoms with Crippen LogP contribution in [0.15, 0.2) is 77.7 Å². The number of hydrogen-bond acceptors (Lipinski definition) is 3. The van der Waals surface area contributed by atoms with Crippen LogP contribution in [0.25, 0.3) is 0 Å². The van der Waals surface area contributed by atoms with Crippen molar-refractivity contribution >= 4 is 11.4 Å². The van der Waals surface area contributed by atoms with Crippen LogP contribution >= 0.6 is 0 Å². The highest BCUT2D eigenvalue weighted by Crippen LogP contribution is 2.20. The first-order valence-electron chi connectivity index (χ1n) is 5.23. The molecule has 0 aliphatic heterocycles. The Hall–Kier alpha value is -2.42. The van der Waals surface area contributed by atoms with Crippen LogP contribution in [-0.2, 0) is 0 Å². The van der Waals surface area contributed by atoms with Crippen LogP contribution in [0.4, 0.5) is 11.4 Å². The summed E-state index contributed by atoms with van der Waals surface area (Å²) in [6.45, 7) is 3.49. The van der Waals surface area contributed by atoms with Crippen LogP contribution in [-0.4, -0.2) is 0 Å². The topological polar surface area (TPSA) is 34.0 Å². The molecule has 2 rings (SSSR count). The maximum absolute atomic E-state index is 5.12. The monoisotopic (exact) mass is 224 g/mol. The average Bonchev–Trinajstić information content (AvgIpc) is 2.40. The molecule has 2 aromatic carbocycles. The quantitative estimate of drug-likeness (QED) is 0.551. The first kappa shape index (κ1) is 11.1. The van der Waals surface area contributed by atoms with Gasteiger partial charge in [-0.05, 0) is 36.4 Å². The van der Waals surface area contributed by atoms with E-state index in [-0.39, 0.29) is 0 Å². The zero-order valence-electron chi connectivity index (χ0n) is 9.28. The van der Waals surface area contributed by atoms with Gasteiger partial charge in [-0.2, -0.15) is 10.2 Å². The molecule has 17 heavy (non-hydrogen) atoms. The minimum Gasteiger partial charge on any atom is -0.466 e. The van der Waals surface area contributed by atoms with E-state index < -0.39 is 0 Å². The SMILES string of the molecule is C=COc1ccc(N=Nc2ccccc2)cc1. The maximum atomic E-state index is 5.12. The third-order valence-corrected chi connectivity index (χ3v) is 2.09. The summed E-state index contributed by atoms with van der Waals surface area (Å²) in [6.07, 6.45) is 1.39. The van der Waals surface area contributed by atoms with Crippen molar-refractivity contribution in [1.82, 2.24) is 0 Å². The van der Waals surface area contributed by atoms with E-state index in [1.54, 1.807) is 0 Å². The Morgan fingerprint density at radius 1 is 0.824 bits per heavy atom. The average molecular weight is 224 g/mol. The first-order chi connectivity index (χ1) is 8.38. The maximum Gasteiger partial charge on any atom is 0.126 e. The van der Waals surface area contributed by atoms with Gasteiger partial charge in [-0.25, -0.2) is 0 Å². The Morgan fingerprint density at radius 3 is 2.00 bits per heavy atom. The van der Waals surface area contributed by atoms with Gasteiger partial charge in [0.2, 0.25) is 0 Å². The second kappa shape index (κ2) is 5.61. The number of benzene rings is 2. The van der Waals surface area contributed by atoms with E-state index in [4.69, 9.17) is 4.74 Å². The summed E-state index contributed by atoms with van der Waals surface area (Å²) in [4.78, 5) is 0. The zero-order valence-corrected chi connectivity index (χ0v) is 9.28. The van der Waals surface area contributed by atoms with Crippen molar-refractivity contribution in [3.8, 4) is 5.75 Å². The Kier molecular flexibility index (Phi) is 3.65. The number of ether oxygens (including phenoxy) is 1. The molecule has 0 aliphatic rings. The molecule has 0 radical (unpaired) electrons. The van der Waals surface area contributed by atoms with Crippen molar-refractivity contribution in [3.63, 3.8) is 0 Å². The minimum atomic E-state index is 0.735. The molecule has 0 bridgehead atoms. The highest BCUT2D eigenvalue weighted by atomic mass is 16.5. The second-order valence-corrected chi connectivity index (χ2v) is 3.31. The molecule has 0 atom stereocenters. The van der Waals surface area contributed by atoms with Crippen molar-refractivity contribution in [3.05, 3.63) is 67.4 Å². The van der Waals surface area contributed by atoms with Gasteiger partial charge in [0.05, 0.1) is 17.6 Å². The summed E-state index contributed by atoms with van der Waals surface area (Å²) < 4.78 is 5.12. The Balaban J connectivity index is 2.08. The second-order valence-electron chi connectivity index (χ2n) is 3.31. The fourth-order valence-electron chi connectivity index (χ4n) is 1.30. The van der Waals surface area contributed by atoms with Gasteiger partial charge in [0.1, 0.15) is 5.75 Å². The van der Waals surface area contributed by atoms with Gasteiger partial charge in [0, 0.05) is 0 Å². The van der Waals surface area contributed by atoms with Gasteiger partial charge in [-0.15, -0.1) is 0 Å². The first-order valence-corrected chi connectivity index (χ1v) is 5.23. The lowest BCUT2D eigenvalue weighted by Crippen LogP contribution is -1.78. The molecule has 0 aliphatic carbocycles. The number of nitrogens with zero attached hydrogens (tertiary/aromatic N) is 2. The Morgan fingerprint density at radius 2 is 1.41 bits per heavy atom. The molecule has 0 saturated heterocycles. The molecule has 84 valence electrons. The van der Waals surface area contributed by atoms with Crippen LogP contribution in [0.1, 0.15) is 0 Å². The lowest BCUT2D eigenvalue weighted by atomic mass is 10.3. The third kappa shape index (κ3) is 3.28. The zero-order chi connectivity index (χ0) is 11.9. The van der Waals surface area contributed by atoms with E-state index in [1.807, 2.05) is 54.6 Å². The van der Waals surface area contributed by atoms with E-state index in [1.165, 1.54) is 6.26 Å². The standard InChI is InChI=1S/C14H12N2O/c1-2-17-14-10-8-13(9-11-14)16-15-12-6-4-3-5-7-12/h2-11H,1H2. The van der Waals surface area contributed by atoms with Crippen LogP contribution in [0.5, 0.6) is 5.75 Å². The van der Waals surface area contributed by atoms with Gasteiger partial charge < -0.3 is 4.74 Å². The smallest absolute Gasteiger partial charge is 0.126 e. The minimum absolute atomic E-state index is 0.735. The number of rotatable bonds is 4. The normalized spacial score (nSPS) is 10.4. The van der Waals surface area contributed by atoms with Crippen LogP contribution in [0.2, 0.25) is 0 Å². The summed E-state index contributed by atoms with van der Waals surface area (Å²) in [5, 5.41) is 8.24. The summed E-state index contributed by atoms with van der Waals surface area (Å²) in [5.41, 5.74) is 1.61. The van der Waals surface area contributed by atoms with Crippen LogP contribution in [0.3, 0.4) is 0 Å². The largest absolute Gasteiger partial charge is 0.466 e. The summed E-state index contributed by atoms with van der Waals surface area (Å²) >= 11 is 0. The molecule has 0 unspecified atom stereocenters. The van der Waals surface area contributed by atoms with E-state index in [9.17, 15) is 0 Å². The van der Waals surface area contributed by atoms with Gasteiger partial charge >= 0.3 is 0 Å². The van der Waals surface area contributed by atoms with Crippen molar-refractivity contribution in [2.24, 2.45) is 10.2 Å². The number of azo groups is 1. The fraction of sp³-hybridized carbons (Fsp3) is 0. The lowest BCUT2D eigenvalue weighted by molar-refractivity contribution is 0.483. The Labute approximate surface area is 100 Å². The molecular formula is C14H12N2O. The van der Waals surface area contributed by atoms with E-state index >= 15 is 0 Å². The highest BCUT2D eigenvalue weighted by Gasteiger charge is 1.92. The molecule has 0 amide bonds. The molecule has 3 heteroatoms. The molecule has 0 N–H and O–H groups in total. The summed E-state index contributed by atoms with van der Waals surface area (Å²) in [5.74, 6) is 0.735. The highest BCUT2D eigenvalue weighted by molar-refractivity contribution is 5.42. The molecule has 0 heterocycles. The predicted molar refractivity (Wildman–Crippen MR) is 67.9 cm³/mol. The van der Waals surface area contributed by atoms with E-state index in [2.05, 4.69) is 16.8 Å². The molecule has 2 aromatic rings. The van der Waals surface area contributed by atoms with Gasteiger partial charge in [-0.1, -0.05) is 24.8 Å². The van der Waals surface area contributed by atoms with Gasteiger partial charge in [-0.3, -0.25) is 0 Å². The van der Waals surface area contributed by atoms with E-state index in [0.29, 0.717) is 0 Å². The molecule has 3 nitrogen and oxygen atoms in total. The predicted octanol–water partition coefficient (Wildman–Crippen LogP) is 4.62. The van der Waals surface area contributed by atoms with Gasteiger partial charge in [0.15, 0.2) is 0 Å². The van der Waals surface area contributed by atoms with Gasteiger partial charge in [0.25, 0.3) is 0 Å². The van der Waals surface area contributed by atoms with Crippen molar-refractivity contribution in [2.45, 2.75) is 0 Å². The van der Waals surface area contributed by atoms with Crippen molar-refractivity contribution in [2.75, 3.05) is 0 Å². The molecule has 0 fully saturated rings. The van der Waals surface area contributed by atoms with Crippen molar-refractivity contribution in [1.29, 1.82) is 0 Å². The summed E-state index contributed by atoms with van der Waals surface area (Å²) in [7, 11) is 0. The van der Waals surface area contributed by atoms with Crippen molar-refractivity contribution < 1.29 is 4.74 Å². The molecular weight excluding hydrogens is 212 g/mol. The van der Waals surface area contributed by atoms with Crippen LogP contribution in [0, 0.1) is 0 Å². The van der Waals surface area contributed by atoms with Crippen LogP contribution < -0.4 is 4.74 Å². The molecule has 0 spiro atoms. The fourth-order valence-corrected chi connectivity index (χ4v) is 1.30. The molecule has 0 aromatic heterocycles. The Bertz CT molecular complexity index is 504.